The molecule has 0 fully saturated rings. The minimum absolute atomic E-state index is 0.0352. The molecule has 0 aliphatic rings. The molecule has 1 aromatic carbocycles. The first-order valence-corrected chi connectivity index (χ1v) is 8.26. The molecule has 0 heterocycles. The molecule has 0 spiro atoms. The van der Waals surface area contributed by atoms with Crippen LogP contribution in [0, 0.1) is 11.3 Å². The summed E-state index contributed by atoms with van der Waals surface area (Å²) in [6.45, 7) is -0.182. The molecule has 0 unspecified atom stereocenters. The Morgan fingerprint density at radius 2 is 1.91 bits per heavy atom. The monoisotopic (exact) mass is 334 g/mol. The topological polar surface area (TPSA) is 96.3 Å². The molecule has 6 nitrogen and oxygen atoms in total. The van der Waals surface area contributed by atoms with E-state index in [0.29, 0.717) is 5.56 Å². The number of rotatable bonds is 9. The second kappa shape index (κ2) is 10.4. The average molecular weight is 334 g/mol. The van der Waals surface area contributed by atoms with Crippen LogP contribution >= 0.6 is 11.8 Å². The van der Waals surface area contributed by atoms with Crippen molar-refractivity contribution in [1.82, 2.24) is 5.32 Å². The zero-order valence-corrected chi connectivity index (χ0v) is 13.6. The Kier molecular flexibility index (Phi) is 8.47. The van der Waals surface area contributed by atoms with E-state index in [1.807, 2.05) is 24.5 Å². The fourth-order valence-electron chi connectivity index (χ4n) is 1.66. The van der Waals surface area contributed by atoms with Gasteiger partial charge in [0.1, 0.15) is 0 Å². The number of esters is 1. The van der Waals surface area contributed by atoms with Crippen molar-refractivity contribution in [3.63, 3.8) is 0 Å². The first-order valence-electron chi connectivity index (χ1n) is 7.03. The molecule has 0 saturated heterocycles. The van der Waals surface area contributed by atoms with Gasteiger partial charge in [0.2, 0.25) is 0 Å². The van der Waals surface area contributed by atoms with Gasteiger partial charge in [-0.1, -0.05) is 12.1 Å². The van der Waals surface area contributed by atoms with Crippen molar-refractivity contribution in [3.8, 4) is 6.07 Å². The van der Waals surface area contributed by atoms with E-state index in [4.69, 9.17) is 10.00 Å². The van der Waals surface area contributed by atoms with E-state index in [0.717, 1.165) is 4.90 Å². The smallest absolute Gasteiger partial charge is 0.306 e. The number of ketones is 1. The zero-order chi connectivity index (χ0) is 17.1. The van der Waals surface area contributed by atoms with Crippen LogP contribution < -0.4 is 5.32 Å². The highest BCUT2D eigenvalue weighted by molar-refractivity contribution is 7.98. The number of carbonyl (C=O) groups excluding carboxylic acids is 3. The normalized spacial score (nSPS) is 9.74. The summed E-state index contributed by atoms with van der Waals surface area (Å²) in [6.07, 6.45) is 2.11. The Bertz CT molecular complexity index is 593. The van der Waals surface area contributed by atoms with Crippen LogP contribution in [0.5, 0.6) is 0 Å². The summed E-state index contributed by atoms with van der Waals surface area (Å²) >= 11 is 1.58. The largest absolute Gasteiger partial charge is 0.456 e. The molecule has 1 rings (SSSR count). The Balaban J connectivity index is 2.28. The van der Waals surface area contributed by atoms with Crippen molar-refractivity contribution >= 4 is 29.4 Å². The SMILES string of the molecule is CSc1ccc(C(=O)CCC(=O)OCC(=O)NCCC#N)cc1. The fourth-order valence-corrected chi connectivity index (χ4v) is 2.07. The van der Waals surface area contributed by atoms with Gasteiger partial charge < -0.3 is 10.1 Å². The highest BCUT2D eigenvalue weighted by Crippen LogP contribution is 2.16. The van der Waals surface area contributed by atoms with E-state index < -0.39 is 18.5 Å². The fraction of sp³-hybridized carbons (Fsp3) is 0.375. The van der Waals surface area contributed by atoms with Gasteiger partial charge >= 0.3 is 5.97 Å². The predicted octanol–water partition coefficient (Wildman–Crippen LogP) is 1.94. The maximum absolute atomic E-state index is 11.9. The van der Waals surface area contributed by atoms with Crippen LogP contribution in [0.4, 0.5) is 0 Å². The van der Waals surface area contributed by atoms with Crippen LogP contribution in [-0.2, 0) is 14.3 Å². The van der Waals surface area contributed by atoms with Crippen LogP contribution in [0.15, 0.2) is 29.2 Å². The lowest BCUT2D eigenvalue weighted by Crippen LogP contribution is -2.29. The number of carbonyl (C=O) groups is 3. The van der Waals surface area contributed by atoms with Gasteiger partial charge in [0, 0.05) is 23.4 Å². The van der Waals surface area contributed by atoms with Gasteiger partial charge in [-0.3, -0.25) is 14.4 Å². The lowest BCUT2D eigenvalue weighted by Gasteiger charge is -2.05. The van der Waals surface area contributed by atoms with Gasteiger partial charge in [0.25, 0.3) is 5.91 Å². The molecular formula is C16H18N2O4S. The maximum Gasteiger partial charge on any atom is 0.306 e. The standard InChI is InChI=1S/C16H18N2O4S/c1-23-13-5-3-12(4-6-13)14(19)7-8-16(21)22-11-15(20)18-10-2-9-17/h3-6H,2,7-8,10-11H2,1H3,(H,18,20). The number of ether oxygens (including phenoxy) is 1. The Labute approximate surface area is 139 Å². The lowest BCUT2D eigenvalue weighted by molar-refractivity contribution is -0.148. The molecule has 122 valence electrons. The first-order chi connectivity index (χ1) is 11.1. The van der Waals surface area contributed by atoms with Crippen LogP contribution in [0.2, 0.25) is 0 Å². The third-order valence-corrected chi connectivity index (χ3v) is 3.63. The highest BCUT2D eigenvalue weighted by atomic mass is 32.2. The van der Waals surface area contributed by atoms with Gasteiger partial charge in [-0.15, -0.1) is 11.8 Å². The Morgan fingerprint density at radius 1 is 1.22 bits per heavy atom. The summed E-state index contributed by atoms with van der Waals surface area (Å²) in [5.41, 5.74) is 0.546. The molecule has 0 aliphatic heterocycles. The summed E-state index contributed by atoms with van der Waals surface area (Å²) in [5.74, 6) is -1.21. The van der Waals surface area contributed by atoms with Crippen molar-refractivity contribution in [2.75, 3.05) is 19.4 Å². The lowest BCUT2D eigenvalue weighted by atomic mass is 10.1. The van der Waals surface area contributed by atoms with E-state index in [1.54, 1.807) is 23.9 Å². The molecule has 1 N–H and O–H groups in total. The van der Waals surface area contributed by atoms with E-state index in [9.17, 15) is 14.4 Å². The molecule has 0 atom stereocenters. The van der Waals surface area contributed by atoms with Crippen LogP contribution in [0.25, 0.3) is 0 Å². The zero-order valence-electron chi connectivity index (χ0n) is 12.8. The van der Waals surface area contributed by atoms with Gasteiger partial charge in [-0.25, -0.2) is 0 Å². The van der Waals surface area contributed by atoms with Crippen molar-refractivity contribution < 1.29 is 19.1 Å². The summed E-state index contributed by atoms with van der Waals surface area (Å²) in [4.78, 5) is 35.8. The molecule has 1 amide bonds. The quantitative estimate of drug-likeness (QED) is 0.321. The molecular weight excluding hydrogens is 316 g/mol. The highest BCUT2D eigenvalue weighted by Gasteiger charge is 2.11. The van der Waals surface area contributed by atoms with Crippen molar-refractivity contribution in [1.29, 1.82) is 5.26 Å². The second-order valence-corrected chi connectivity index (χ2v) is 5.45. The number of hydrogen-bond donors (Lipinski definition) is 1. The number of nitriles is 1. The molecule has 0 aliphatic carbocycles. The third kappa shape index (κ3) is 7.47. The van der Waals surface area contributed by atoms with Crippen molar-refractivity contribution in [2.24, 2.45) is 0 Å². The Hall–Kier alpha value is -2.33. The van der Waals surface area contributed by atoms with E-state index in [1.165, 1.54) is 0 Å². The van der Waals surface area contributed by atoms with Crippen LogP contribution in [0.1, 0.15) is 29.6 Å². The van der Waals surface area contributed by atoms with Crippen molar-refractivity contribution in [3.05, 3.63) is 29.8 Å². The minimum Gasteiger partial charge on any atom is -0.456 e. The van der Waals surface area contributed by atoms with E-state index in [-0.39, 0.29) is 31.6 Å². The number of amides is 1. The van der Waals surface area contributed by atoms with Crippen molar-refractivity contribution in [2.45, 2.75) is 24.2 Å². The molecule has 0 saturated carbocycles. The summed E-state index contributed by atoms with van der Waals surface area (Å²) in [5, 5.41) is 10.8. The van der Waals surface area contributed by atoms with Crippen LogP contribution in [0.3, 0.4) is 0 Å². The average Bonchev–Trinajstić information content (AvgIpc) is 2.58. The van der Waals surface area contributed by atoms with Gasteiger partial charge in [-0.2, -0.15) is 5.26 Å². The maximum atomic E-state index is 11.9. The molecule has 0 bridgehead atoms. The Morgan fingerprint density at radius 3 is 2.52 bits per heavy atom. The van der Waals surface area contributed by atoms with E-state index in [2.05, 4.69) is 5.32 Å². The minimum atomic E-state index is -0.602. The summed E-state index contributed by atoms with van der Waals surface area (Å²) in [6, 6.07) is 9.03. The molecule has 23 heavy (non-hydrogen) atoms. The number of benzene rings is 1. The second-order valence-electron chi connectivity index (χ2n) is 4.57. The predicted molar refractivity (Wildman–Crippen MR) is 86.0 cm³/mol. The third-order valence-electron chi connectivity index (χ3n) is 2.89. The van der Waals surface area contributed by atoms with E-state index >= 15 is 0 Å². The first kappa shape index (κ1) is 18.7. The van der Waals surface area contributed by atoms with Gasteiger partial charge in [0.05, 0.1) is 18.9 Å². The summed E-state index contributed by atoms with van der Waals surface area (Å²) < 4.78 is 4.77. The molecule has 7 heteroatoms. The number of nitrogens with zero attached hydrogens (tertiary/aromatic N) is 1. The van der Waals surface area contributed by atoms with Gasteiger partial charge in [0.15, 0.2) is 12.4 Å². The van der Waals surface area contributed by atoms with Gasteiger partial charge in [-0.05, 0) is 18.4 Å². The summed E-state index contributed by atoms with van der Waals surface area (Å²) in [7, 11) is 0. The number of Topliss-reactive ketones (excluding diaryl/α,β-unsaturated/α-hetero) is 1. The molecule has 0 radical (unpaired) electrons. The molecule has 0 aromatic heterocycles. The van der Waals surface area contributed by atoms with Crippen LogP contribution in [-0.4, -0.2) is 37.1 Å². The molecule has 1 aromatic rings. The number of nitrogens with one attached hydrogen (secondary N) is 1. The number of hydrogen-bond acceptors (Lipinski definition) is 6. The number of thioether (sulfide) groups is 1.